The number of halogens is 1. The quantitative estimate of drug-likeness (QED) is 0.553. The molecule has 1 fully saturated rings. The zero-order valence-electron chi connectivity index (χ0n) is 16.3. The van der Waals surface area contributed by atoms with Crippen LogP contribution in [0.4, 0.5) is 17.5 Å². The van der Waals surface area contributed by atoms with Crippen LogP contribution in [0, 0.1) is 6.92 Å². The van der Waals surface area contributed by atoms with Crippen molar-refractivity contribution in [2.45, 2.75) is 17.8 Å². The maximum atomic E-state index is 13.1. The number of benzene rings is 1. The summed E-state index contributed by atoms with van der Waals surface area (Å²) < 4.78 is 31.6. The van der Waals surface area contributed by atoms with Crippen LogP contribution in [0.25, 0.3) is 0 Å². The fourth-order valence-corrected chi connectivity index (χ4v) is 4.54. The predicted molar refractivity (Wildman–Crippen MR) is 114 cm³/mol. The lowest BCUT2D eigenvalue weighted by Gasteiger charge is -2.28. The number of morpholine rings is 1. The van der Waals surface area contributed by atoms with E-state index < -0.39 is 9.84 Å². The number of aryl methyl sites for hydroxylation is 1. The molecule has 0 atom stereocenters. The molecule has 1 aliphatic heterocycles. The van der Waals surface area contributed by atoms with Gasteiger partial charge < -0.3 is 15.0 Å². The smallest absolute Gasteiger partial charge is 0.251 e. The number of ether oxygens (including phenoxy) is 1. The predicted octanol–water partition coefficient (Wildman–Crippen LogP) is 2.72. The largest absolute Gasteiger partial charge is 0.378 e. The van der Waals surface area contributed by atoms with Gasteiger partial charge in [-0.15, -0.1) is 0 Å². The van der Waals surface area contributed by atoms with Crippen molar-refractivity contribution in [3.05, 3.63) is 52.7 Å². The van der Waals surface area contributed by atoms with Crippen molar-refractivity contribution in [3.8, 4) is 0 Å². The molecule has 0 spiro atoms. The first-order valence-corrected chi connectivity index (χ1v) is 11.4. The molecule has 0 unspecified atom stereocenters. The lowest BCUT2D eigenvalue weighted by atomic mass is 10.2. The first kappa shape index (κ1) is 20.6. The van der Waals surface area contributed by atoms with Crippen LogP contribution >= 0.6 is 11.6 Å². The lowest BCUT2D eigenvalue weighted by Crippen LogP contribution is -2.37. The van der Waals surface area contributed by atoms with Crippen LogP contribution in [0.3, 0.4) is 0 Å². The van der Waals surface area contributed by atoms with Crippen LogP contribution in [-0.4, -0.2) is 54.9 Å². The number of H-pyrrole nitrogens is 1. The Labute approximate surface area is 179 Å². The molecule has 11 heteroatoms. The molecule has 0 amide bonds. The molecule has 0 bridgehead atoms. The van der Waals surface area contributed by atoms with Crippen molar-refractivity contribution < 1.29 is 13.2 Å². The highest BCUT2D eigenvalue weighted by molar-refractivity contribution is 7.90. The van der Waals surface area contributed by atoms with E-state index in [1.807, 2.05) is 11.8 Å². The van der Waals surface area contributed by atoms with E-state index in [1.54, 1.807) is 36.4 Å². The summed E-state index contributed by atoms with van der Waals surface area (Å²) in [6.07, 6.45) is 0. The Morgan fingerprint density at radius 3 is 2.70 bits per heavy atom. The van der Waals surface area contributed by atoms with Gasteiger partial charge in [0.25, 0.3) is 5.16 Å². The highest BCUT2D eigenvalue weighted by Crippen LogP contribution is 2.24. The topological polar surface area (TPSA) is 113 Å². The van der Waals surface area contributed by atoms with E-state index in [4.69, 9.17) is 16.3 Å². The van der Waals surface area contributed by atoms with Crippen LogP contribution < -0.4 is 10.2 Å². The van der Waals surface area contributed by atoms with Gasteiger partial charge >= 0.3 is 0 Å². The Balaban J connectivity index is 1.70. The van der Waals surface area contributed by atoms with Crippen molar-refractivity contribution in [2.24, 2.45) is 0 Å². The molecule has 3 aromatic rings. The van der Waals surface area contributed by atoms with Gasteiger partial charge in [0, 0.05) is 30.2 Å². The van der Waals surface area contributed by atoms with E-state index in [0.29, 0.717) is 54.3 Å². The number of sulfone groups is 1. The lowest BCUT2D eigenvalue weighted by molar-refractivity contribution is 0.122. The minimum Gasteiger partial charge on any atom is -0.378 e. The number of rotatable bonds is 6. The van der Waals surface area contributed by atoms with Crippen molar-refractivity contribution in [1.82, 2.24) is 20.2 Å². The number of aromatic nitrogens is 4. The molecular formula is C19H21ClN6O3S. The Morgan fingerprint density at radius 2 is 2.00 bits per heavy atom. The summed E-state index contributed by atoms with van der Waals surface area (Å²) in [6.45, 7) is 4.19. The molecule has 158 valence electrons. The summed E-state index contributed by atoms with van der Waals surface area (Å²) in [7, 11) is -3.81. The van der Waals surface area contributed by atoms with Crippen LogP contribution in [0.15, 0.2) is 41.6 Å². The zero-order valence-corrected chi connectivity index (χ0v) is 17.9. The molecule has 2 N–H and O–H groups in total. The SMILES string of the molecule is Cc1cc(Nc2cc(N3CCOCC3)nc(S(=O)(=O)Cc3cccc(Cl)c3)n2)[nH]n1. The van der Waals surface area contributed by atoms with Crippen LogP contribution in [0.1, 0.15) is 11.3 Å². The van der Waals surface area contributed by atoms with Crippen molar-refractivity contribution in [3.63, 3.8) is 0 Å². The van der Waals surface area contributed by atoms with Gasteiger partial charge in [-0.3, -0.25) is 5.10 Å². The Kier molecular flexibility index (Phi) is 5.89. The van der Waals surface area contributed by atoms with Crippen LogP contribution in [0.5, 0.6) is 0 Å². The fourth-order valence-electron chi connectivity index (χ4n) is 3.11. The third kappa shape index (κ3) is 4.89. The molecule has 1 aromatic carbocycles. The monoisotopic (exact) mass is 448 g/mol. The van der Waals surface area contributed by atoms with E-state index in [9.17, 15) is 8.42 Å². The maximum Gasteiger partial charge on any atom is 0.251 e. The van der Waals surface area contributed by atoms with Crippen molar-refractivity contribution in [2.75, 3.05) is 36.5 Å². The Morgan fingerprint density at radius 1 is 1.20 bits per heavy atom. The maximum absolute atomic E-state index is 13.1. The summed E-state index contributed by atoms with van der Waals surface area (Å²) in [5.74, 6) is 1.25. The highest BCUT2D eigenvalue weighted by Gasteiger charge is 2.23. The number of hydrogen-bond acceptors (Lipinski definition) is 8. The zero-order chi connectivity index (χ0) is 21.1. The van der Waals surface area contributed by atoms with Gasteiger partial charge in [-0.05, 0) is 24.6 Å². The van der Waals surface area contributed by atoms with Crippen LogP contribution in [-0.2, 0) is 20.3 Å². The fraction of sp³-hybridized carbons (Fsp3) is 0.316. The number of anilines is 3. The van der Waals surface area contributed by atoms with Gasteiger partial charge in [0.05, 0.1) is 24.7 Å². The van der Waals surface area contributed by atoms with E-state index in [2.05, 4.69) is 25.5 Å². The van der Waals surface area contributed by atoms with E-state index in [-0.39, 0.29) is 10.9 Å². The minimum atomic E-state index is -3.81. The molecular weight excluding hydrogens is 428 g/mol. The molecule has 0 aliphatic carbocycles. The molecule has 2 aromatic heterocycles. The second-order valence-electron chi connectivity index (χ2n) is 6.93. The van der Waals surface area contributed by atoms with Crippen molar-refractivity contribution >= 4 is 38.9 Å². The van der Waals surface area contributed by atoms with Crippen molar-refractivity contribution in [1.29, 1.82) is 0 Å². The number of aromatic amines is 1. The summed E-state index contributed by atoms with van der Waals surface area (Å²) in [5.41, 5.74) is 1.37. The third-order valence-electron chi connectivity index (χ3n) is 4.52. The van der Waals surface area contributed by atoms with Gasteiger partial charge in [-0.1, -0.05) is 23.7 Å². The Hall–Kier alpha value is -2.69. The standard InChI is InChI=1S/C19H21ClN6O3S/c1-13-9-17(25-24-13)21-16-11-18(26-5-7-29-8-6-26)23-19(22-16)30(27,28)12-14-3-2-4-15(20)10-14/h2-4,9-11H,5-8,12H2,1H3,(H2,21,22,23,24,25). The second kappa shape index (κ2) is 8.58. The molecule has 9 nitrogen and oxygen atoms in total. The molecule has 1 aliphatic rings. The summed E-state index contributed by atoms with van der Waals surface area (Å²) in [6, 6.07) is 10.3. The van der Waals surface area contributed by atoms with Gasteiger partial charge in [-0.25, -0.2) is 18.4 Å². The minimum absolute atomic E-state index is 0.245. The average molecular weight is 449 g/mol. The Bertz CT molecular complexity index is 1140. The molecule has 1 saturated heterocycles. The van der Waals surface area contributed by atoms with E-state index in [1.165, 1.54) is 0 Å². The molecule has 4 rings (SSSR count). The molecule has 3 heterocycles. The third-order valence-corrected chi connectivity index (χ3v) is 6.21. The molecule has 0 saturated carbocycles. The molecule has 30 heavy (non-hydrogen) atoms. The number of nitrogens with zero attached hydrogens (tertiary/aromatic N) is 4. The first-order valence-electron chi connectivity index (χ1n) is 9.37. The second-order valence-corrected chi connectivity index (χ2v) is 9.25. The highest BCUT2D eigenvalue weighted by atomic mass is 35.5. The van der Waals surface area contributed by atoms with Gasteiger partial charge in [-0.2, -0.15) is 5.10 Å². The van der Waals surface area contributed by atoms with E-state index in [0.717, 1.165) is 5.69 Å². The summed E-state index contributed by atoms with van der Waals surface area (Å²) in [4.78, 5) is 10.6. The average Bonchev–Trinajstić information content (AvgIpc) is 3.12. The van der Waals surface area contributed by atoms with Crippen LogP contribution in [0.2, 0.25) is 5.02 Å². The van der Waals surface area contributed by atoms with Gasteiger partial charge in [0.15, 0.2) is 0 Å². The first-order chi connectivity index (χ1) is 14.4. The summed E-state index contributed by atoms with van der Waals surface area (Å²) >= 11 is 6.00. The number of hydrogen-bond donors (Lipinski definition) is 2. The van der Waals surface area contributed by atoms with Gasteiger partial charge in [0.1, 0.15) is 17.5 Å². The van der Waals surface area contributed by atoms with E-state index >= 15 is 0 Å². The summed E-state index contributed by atoms with van der Waals surface area (Å²) in [5, 5.41) is 10.2. The number of nitrogens with one attached hydrogen (secondary N) is 2. The molecule has 0 radical (unpaired) electrons. The van der Waals surface area contributed by atoms with Gasteiger partial charge in [0.2, 0.25) is 9.84 Å². The normalized spacial score (nSPS) is 14.7.